The van der Waals surface area contributed by atoms with Crippen molar-refractivity contribution in [2.45, 2.75) is 0 Å². The first-order chi connectivity index (χ1) is 12.1. The number of aromatic nitrogens is 4. The molecule has 0 amide bonds. The number of H-pyrrole nitrogens is 1. The quantitative estimate of drug-likeness (QED) is 0.733. The third kappa shape index (κ3) is 4.14. The predicted octanol–water partition coefficient (Wildman–Crippen LogP) is 2.22. The van der Waals surface area contributed by atoms with E-state index in [1.165, 1.54) is 12.4 Å². The Hall–Kier alpha value is -3.81. The molecule has 0 atom stereocenters. The first-order valence-electron chi connectivity index (χ1n) is 7.16. The molecule has 8 heteroatoms. The molecule has 2 N–H and O–H groups in total. The summed E-state index contributed by atoms with van der Waals surface area (Å²) in [7, 11) is 0. The molecule has 0 spiro atoms. The zero-order valence-electron chi connectivity index (χ0n) is 12.8. The average Bonchev–Trinajstić information content (AvgIpc) is 2.62. The van der Waals surface area contributed by atoms with Crippen molar-refractivity contribution in [1.29, 1.82) is 0 Å². The monoisotopic (exact) mass is 336 g/mol. The molecule has 0 aliphatic rings. The number of aromatic amines is 1. The second kappa shape index (κ2) is 7.18. The minimum absolute atomic E-state index is 0.259. The zero-order chi connectivity index (χ0) is 17.6. The molecule has 0 bridgehead atoms. The van der Waals surface area contributed by atoms with Crippen LogP contribution in [0.15, 0.2) is 53.8 Å². The number of carbonyl (C=O) groups is 1. The number of hydrogen-bond donors (Lipinski definition) is 2. The van der Waals surface area contributed by atoms with Crippen LogP contribution in [0.4, 0.5) is 0 Å². The van der Waals surface area contributed by atoms with Crippen LogP contribution in [0.2, 0.25) is 0 Å². The van der Waals surface area contributed by atoms with Gasteiger partial charge in [0.25, 0.3) is 5.56 Å². The van der Waals surface area contributed by atoms with Gasteiger partial charge in [0.15, 0.2) is 0 Å². The van der Waals surface area contributed by atoms with E-state index in [0.717, 1.165) is 11.8 Å². The van der Waals surface area contributed by atoms with Crippen molar-refractivity contribution in [3.63, 3.8) is 0 Å². The van der Waals surface area contributed by atoms with Gasteiger partial charge in [0, 0.05) is 18.6 Å². The van der Waals surface area contributed by atoms with Gasteiger partial charge in [-0.1, -0.05) is 18.2 Å². The van der Waals surface area contributed by atoms with Crippen molar-refractivity contribution in [3.8, 4) is 11.6 Å². The molecule has 25 heavy (non-hydrogen) atoms. The summed E-state index contributed by atoms with van der Waals surface area (Å²) < 4.78 is 5.53. The van der Waals surface area contributed by atoms with Gasteiger partial charge in [-0.3, -0.25) is 9.78 Å². The number of aromatic carboxylic acids is 1. The van der Waals surface area contributed by atoms with Crippen LogP contribution in [-0.4, -0.2) is 31.0 Å². The number of hydrogen-bond acceptors (Lipinski definition) is 6. The van der Waals surface area contributed by atoms with Gasteiger partial charge >= 0.3 is 5.97 Å². The van der Waals surface area contributed by atoms with E-state index in [1.807, 2.05) is 12.1 Å². The van der Waals surface area contributed by atoms with Crippen LogP contribution < -0.4 is 10.3 Å². The van der Waals surface area contributed by atoms with Gasteiger partial charge in [-0.15, -0.1) is 0 Å². The third-order valence-corrected chi connectivity index (χ3v) is 3.13. The van der Waals surface area contributed by atoms with Crippen molar-refractivity contribution < 1.29 is 14.6 Å². The standard InChI is InChI=1S/C17H12N4O4/c22-16-13(17(23)24)9-20-14(21-16)6-3-11-1-4-12(5-2-11)25-15-10-18-7-8-19-15/h1-10H,(H,23,24)(H,20,21,22)/b6-3+. The van der Waals surface area contributed by atoms with Crippen LogP contribution in [0.25, 0.3) is 12.2 Å². The molecular formula is C17H12N4O4. The van der Waals surface area contributed by atoms with Crippen LogP contribution in [0.1, 0.15) is 21.7 Å². The van der Waals surface area contributed by atoms with Gasteiger partial charge in [-0.25, -0.2) is 14.8 Å². The molecule has 2 aromatic heterocycles. The summed E-state index contributed by atoms with van der Waals surface area (Å²) in [5.74, 6) is -0.0565. The van der Waals surface area contributed by atoms with E-state index in [0.29, 0.717) is 11.6 Å². The number of benzene rings is 1. The van der Waals surface area contributed by atoms with Crippen LogP contribution in [0.5, 0.6) is 11.6 Å². The lowest BCUT2D eigenvalue weighted by molar-refractivity contribution is 0.0694. The zero-order valence-corrected chi connectivity index (χ0v) is 12.8. The van der Waals surface area contributed by atoms with Crippen LogP contribution in [0, 0.1) is 0 Å². The number of carboxylic acid groups (broad SMARTS) is 1. The summed E-state index contributed by atoms with van der Waals surface area (Å²) in [4.78, 5) is 36.6. The second-order valence-electron chi connectivity index (χ2n) is 4.86. The topological polar surface area (TPSA) is 118 Å². The van der Waals surface area contributed by atoms with Crippen molar-refractivity contribution in [1.82, 2.24) is 19.9 Å². The fourth-order valence-electron chi connectivity index (χ4n) is 1.93. The van der Waals surface area contributed by atoms with E-state index in [2.05, 4.69) is 19.9 Å². The SMILES string of the molecule is O=C(O)c1cnc(/C=C/c2ccc(Oc3cnccn3)cc2)[nH]c1=O. The Kier molecular flexibility index (Phi) is 4.61. The lowest BCUT2D eigenvalue weighted by Crippen LogP contribution is -2.18. The number of rotatable bonds is 5. The second-order valence-corrected chi connectivity index (χ2v) is 4.86. The van der Waals surface area contributed by atoms with Crippen LogP contribution >= 0.6 is 0 Å². The first kappa shape index (κ1) is 16.1. The molecule has 0 saturated heterocycles. The predicted molar refractivity (Wildman–Crippen MR) is 89.3 cm³/mol. The first-order valence-corrected chi connectivity index (χ1v) is 7.16. The van der Waals surface area contributed by atoms with Crippen molar-refractivity contribution in [3.05, 3.63) is 76.4 Å². The molecule has 0 radical (unpaired) electrons. The highest BCUT2D eigenvalue weighted by Gasteiger charge is 2.08. The molecule has 0 unspecified atom stereocenters. The minimum atomic E-state index is -1.32. The molecule has 3 rings (SSSR count). The van der Waals surface area contributed by atoms with Gasteiger partial charge in [0.05, 0.1) is 6.20 Å². The number of carboxylic acids is 1. The highest BCUT2D eigenvalue weighted by molar-refractivity contribution is 5.86. The normalized spacial score (nSPS) is 10.7. The molecule has 0 aliphatic carbocycles. The van der Waals surface area contributed by atoms with Crippen molar-refractivity contribution in [2.75, 3.05) is 0 Å². The molecule has 0 saturated carbocycles. The van der Waals surface area contributed by atoms with Crippen LogP contribution in [0.3, 0.4) is 0 Å². The molecule has 8 nitrogen and oxygen atoms in total. The summed E-state index contributed by atoms with van der Waals surface area (Å²) in [5, 5.41) is 8.80. The van der Waals surface area contributed by atoms with E-state index in [4.69, 9.17) is 9.84 Å². The average molecular weight is 336 g/mol. The number of nitrogens with one attached hydrogen (secondary N) is 1. The molecule has 1 aromatic carbocycles. The van der Waals surface area contributed by atoms with Gasteiger partial charge in [-0.05, 0) is 23.8 Å². The molecule has 3 aromatic rings. The Balaban J connectivity index is 1.71. The fourth-order valence-corrected chi connectivity index (χ4v) is 1.93. The smallest absolute Gasteiger partial charge is 0.342 e. The molecule has 2 heterocycles. The third-order valence-electron chi connectivity index (χ3n) is 3.13. The molecule has 0 aliphatic heterocycles. The largest absolute Gasteiger partial charge is 0.477 e. The summed E-state index contributed by atoms with van der Waals surface area (Å²) in [6, 6.07) is 7.15. The van der Waals surface area contributed by atoms with E-state index >= 15 is 0 Å². The summed E-state index contributed by atoms with van der Waals surface area (Å²) in [6.45, 7) is 0. The summed E-state index contributed by atoms with van der Waals surface area (Å²) >= 11 is 0. The van der Waals surface area contributed by atoms with Crippen molar-refractivity contribution in [2.24, 2.45) is 0 Å². The Morgan fingerprint density at radius 3 is 2.52 bits per heavy atom. The maximum atomic E-state index is 11.6. The van der Waals surface area contributed by atoms with Gasteiger partial charge in [0.2, 0.25) is 5.88 Å². The van der Waals surface area contributed by atoms with Crippen LogP contribution in [-0.2, 0) is 0 Å². The summed E-state index contributed by atoms with van der Waals surface area (Å²) in [5.41, 5.74) is -0.256. The molecule has 124 valence electrons. The Morgan fingerprint density at radius 2 is 1.88 bits per heavy atom. The molecular weight excluding hydrogens is 324 g/mol. The van der Waals surface area contributed by atoms with E-state index < -0.39 is 17.1 Å². The fraction of sp³-hybridized carbons (Fsp3) is 0. The van der Waals surface area contributed by atoms with Gasteiger partial charge in [0.1, 0.15) is 17.1 Å². The summed E-state index contributed by atoms with van der Waals surface area (Å²) in [6.07, 6.45) is 8.93. The van der Waals surface area contributed by atoms with E-state index in [9.17, 15) is 9.59 Å². The lowest BCUT2D eigenvalue weighted by atomic mass is 10.2. The van der Waals surface area contributed by atoms with E-state index in [-0.39, 0.29) is 5.82 Å². The highest BCUT2D eigenvalue weighted by atomic mass is 16.5. The Bertz CT molecular complexity index is 966. The van der Waals surface area contributed by atoms with Gasteiger partial charge in [-0.2, -0.15) is 0 Å². The molecule has 0 fully saturated rings. The number of nitrogens with zero attached hydrogens (tertiary/aromatic N) is 3. The Morgan fingerprint density at radius 1 is 1.08 bits per heavy atom. The maximum absolute atomic E-state index is 11.6. The number of ether oxygens (including phenoxy) is 1. The Labute approximate surface area is 141 Å². The maximum Gasteiger partial charge on any atom is 0.342 e. The van der Waals surface area contributed by atoms with Crippen molar-refractivity contribution >= 4 is 18.1 Å². The highest BCUT2D eigenvalue weighted by Crippen LogP contribution is 2.19. The minimum Gasteiger partial charge on any atom is -0.477 e. The van der Waals surface area contributed by atoms with Gasteiger partial charge < -0.3 is 14.8 Å². The lowest BCUT2D eigenvalue weighted by Gasteiger charge is -2.03. The van der Waals surface area contributed by atoms with E-state index in [1.54, 1.807) is 30.5 Å².